The van der Waals surface area contributed by atoms with Crippen molar-refractivity contribution in [2.75, 3.05) is 50.9 Å². The van der Waals surface area contributed by atoms with Gasteiger partial charge in [-0.3, -0.25) is 9.79 Å². The van der Waals surface area contributed by atoms with Crippen LogP contribution in [0.15, 0.2) is 17.1 Å². The summed E-state index contributed by atoms with van der Waals surface area (Å²) in [7, 11) is 3.38. The highest BCUT2D eigenvalue weighted by atomic mass is 35.5. The van der Waals surface area contributed by atoms with Crippen LogP contribution in [-0.4, -0.2) is 61.9 Å². The van der Waals surface area contributed by atoms with E-state index in [2.05, 4.69) is 42.8 Å². The normalized spacial score (nSPS) is 15.3. The molecule has 0 aromatic carbocycles. The number of rotatable bonds is 7. The zero-order valence-electron chi connectivity index (χ0n) is 16.0. The number of Topliss-reactive ketones (excluding diaryl/α,β-unsaturated/α-hetero) is 1. The summed E-state index contributed by atoms with van der Waals surface area (Å²) in [5, 5.41) is 12.6. The summed E-state index contributed by atoms with van der Waals surface area (Å²) in [6.45, 7) is 7.56. The number of hydrogen-bond donors (Lipinski definition) is 4. The molecule has 148 valence electrons. The monoisotopic (exact) mass is 393 g/mol. The summed E-state index contributed by atoms with van der Waals surface area (Å²) < 4.78 is 0. The van der Waals surface area contributed by atoms with E-state index in [9.17, 15) is 4.79 Å². The van der Waals surface area contributed by atoms with Crippen LogP contribution in [0, 0.1) is 0 Å². The van der Waals surface area contributed by atoms with Gasteiger partial charge in [0, 0.05) is 33.6 Å². The molecule has 4 N–H and O–H groups in total. The molecule has 1 aromatic heterocycles. The van der Waals surface area contributed by atoms with Gasteiger partial charge in [0.1, 0.15) is 0 Å². The first-order valence-electron chi connectivity index (χ1n) is 9.20. The molecule has 0 radical (unpaired) electrons. The topological polar surface area (TPSA) is 103 Å². The van der Waals surface area contributed by atoms with Crippen molar-refractivity contribution >= 4 is 34.9 Å². The molecule has 27 heavy (non-hydrogen) atoms. The van der Waals surface area contributed by atoms with Gasteiger partial charge in [-0.05, 0) is 37.9 Å². The van der Waals surface area contributed by atoms with Crippen molar-refractivity contribution in [3.8, 4) is 0 Å². The fraction of sp³-hybridized carbons (Fsp3) is 0.556. The Balaban J connectivity index is 2.03. The van der Waals surface area contributed by atoms with Gasteiger partial charge in [-0.2, -0.15) is 0 Å². The van der Waals surface area contributed by atoms with Crippen LogP contribution in [0.5, 0.6) is 0 Å². The van der Waals surface area contributed by atoms with Crippen molar-refractivity contribution in [3.05, 3.63) is 23.0 Å². The minimum absolute atomic E-state index is 0.152. The molecule has 2 heterocycles. The Bertz CT molecular complexity index is 705. The molecular formula is C18H28ClN7O. The number of anilines is 2. The van der Waals surface area contributed by atoms with Gasteiger partial charge in [0.2, 0.25) is 5.78 Å². The molecule has 0 aliphatic carbocycles. The van der Waals surface area contributed by atoms with Crippen LogP contribution in [0.4, 0.5) is 11.6 Å². The number of allylic oxidation sites excluding steroid dienone is 1. The molecule has 0 atom stereocenters. The van der Waals surface area contributed by atoms with Gasteiger partial charge in [-0.25, -0.2) is 9.97 Å². The Kier molecular flexibility index (Phi) is 8.47. The molecule has 2 rings (SSSR count). The maximum absolute atomic E-state index is 12.8. The molecule has 0 saturated heterocycles. The number of nitrogens with zero attached hydrogens (tertiary/aromatic N) is 3. The highest BCUT2D eigenvalue weighted by molar-refractivity contribution is 6.32. The van der Waals surface area contributed by atoms with Gasteiger partial charge in [0.05, 0.1) is 5.84 Å². The Labute approximate surface area is 165 Å². The standard InChI is InChI=1S/C18H28ClN7O/c1-12(6-7-13-23-10-4-8-22-9-5-11-24-13)15(27)14-17(20-2)26-18(21-3)16(19)25-14/h22H,1,4-11H2,2-3H3,(H,23,24)(H2,20,21,26). The lowest BCUT2D eigenvalue weighted by Crippen LogP contribution is -2.30. The van der Waals surface area contributed by atoms with Gasteiger partial charge in [-0.15, -0.1) is 0 Å². The molecule has 8 nitrogen and oxygen atoms in total. The highest BCUT2D eigenvalue weighted by Crippen LogP contribution is 2.24. The minimum Gasteiger partial charge on any atom is -0.374 e. The van der Waals surface area contributed by atoms with Gasteiger partial charge in [0.15, 0.2) is 22.5 Å². The number of aliphatic imine (C=N–C) groups is 1. The Morgan fingerprint density at radius 3 is 2.63 bits per heavy atom. The van der Waals surface area contributed by atoms with E-state index in [1.54, 1.807) is 14.1 Å². The summed E-state index contributed by atoms with van der Waals surface area (Å²) in [5.41, 5.74) is 0.635. The third-order valence-corrected chi connectivity index (χ3v) is 4.46. The zero-order valence-corrected chi connectivity index (χ0v) is 16.7. The molecule has 0 bridgehead atoms. The van der Waals surface area contributed by atoms with Crippen molar-refractivity contribution < 1.29 is 4.79 Å². The predicted octanol–water partition coefficient (Wildman–Crippen LogP) is 2.10. The molecule has 0 unspecified atom stereocenters. The summed E-state index contributed by atoms with van der Waals surface area (Å²) in [5.74, 6) is 1.45. The fourth-order valence-corrected chi connectivity index (χ4v) is 2.89. The van der Waals surface area contributed by atoms with E-state index in [-0.39, 0.29) is 16.6 Å². The average Bonchev–Trinajstić information content (AvgIpc) is 2.69. The van der Waals surface area contributed by atoms with Crippen LogP contribution < -0.4 is 21.3 Å². The van der Waals surface area contributed by atoms with E-state index >= 15 is 0 Å². The van der Waals surface area contributed by atoms with Gasteiger partial charge in [-0.1, -0.05) is 18.2 Å². The van der Waals surface area contributed by atoms with Crippen molar-refractivity contribution in [2.24, 2.45) is 4.99 Å². The summed E-state index contributed by atoms with van der Waals surface area (Å²) in [6.07, 6.45) is 3.18. The van der Waals surface area contributed by atoms with E-state index in [1.807, 2.05) is 0 Å². The van der Waals surface area contributed by atoms with Crippen LogP contribution in [0.3, 0.4) is 0 Å². The van der Waals surface area contributed by atoms with Crippen molar-refractivity contribution in [2.45, 2.75) is 25.7 Å². The number of ketones is 1. The number of carbonyl (C=O) groups excluding carboxylic acids is 1. The molecule has 0 spiro atoms. The molecule has 1 aliphatic rings. The second-order valence-electron chi connectivity index (χ2n) is 6.21. The number of nitrogens with one attached hydrogen (secondary N) is 4. The number of hydrogen-bond acceptors (Lipinski definition) is 8. The first-order valence-corrected chi connectivity index (χ1v) is 9.58. The maximum Gasteiger partial charge on any atom is 0.210 e. The maximum atomic E-state index is 12.8. The lowest BCUT2D eigenvalue weighted by molar-refractivity contribution is 0.102. The molecule has 0 saturated carbocycles. The van der Waals surface area contributed by atoms with Crippen molar-refractivity contribution in [1.29, 1.82) is 0 Å². The number of halogens is 1. The van der Waals surface area contributed by atoms with E-state index in [0.29, 0.717) is 30.1 Å². The lowest BCUT2D eigenvalue weighted by atomic mass is 10.0. The smallest absolute Gasteiger partial charge is 0.210 e. The molecule has 1 aliphatic heterocycles. The first kappa shape index (κ1) is 21.1. The van der Waals surface area contributed by atoms with E-state index in [1.165, 1.54) is 0 Å². The second-order valence-corrected chi connectivity index (χ2v) is 6.56. The Morgan fingerprint density at radius 2 is 1.89 bits per heavy atom. The lowest BCUT2D eigenvalue weighted by Gasteiger charge is -2.14. The second kappa shape index (κ2) is 10.8. The molecule has 0 amide bonds. The molecule has 1 aromatic rings. The van der Waals surface area contributed by atoms with Crippen LogP contribution >= 0.6 is 11.6 Å². The van der Waals surface area contributed by atoms with Gasteiger partial charge >= 0.3 is 0 Å². The van der Waals surface area contributed by atoms with Crippen LogP contribution in [0.1, 0.15) is 36.2 Å². The molecular weight excluding hydrogens is 366 g/mol. The average molecular weight is 394 g/mol. The van der Waals surface area contributed by atoms with Crippen molar-refractivity contribution in [1.82, 2.24) is 20.6 Å². The third-order valence-electron chi connectivity index (χ3n) is 4.20. The predicted molar refractivity (Wildman–Crippen MR) is 111 cm³/mol. The van der Waals surface area contributed by atoms with Crippen molar-refractivity contribution in [3.63, 3.8) is 0 Å². The Morgan fingerprint density at radius 1 is 1.15 bits per heavy atom. The van der Waals surface area contributed by atoms with Crippen LogP contribution in [0.2, 0.25) is 5.15 Å². The zero-order chi connectivity index (χ0) is 19.6. The molecule has 9 heteroatoms. The largest absolute Gasteiger partial charge is 0.374 e. The summed E-state index contributed by atoms with van der Waals surface area (Å²) >= 11 is 6.09. The van der Waals surface area contributed by atoms with Gasteiger partial charge in [0.25, 0.3) is 0 Å². The third kappa shape index (κ3) is 6.18. The van der Waals surface area contributed by atoms with E-state index in [0.717, 1.165) is 44.9 Å². The van der Waals surface area contributed by atoms with Crippen LogP contribution in [0.25, 0.3) is 0 Å². The van der Waals surface area contributed by atoms with E-state index in [4.69, 9.17) is 11.6 Å². The summed E-state index contributed by atoms with van der Waals surface area (Å²) in [4.78, 5) is 25.9. The first-order chi connectivity index (χ1) is 13.1. The number of aromatic nitrogens is 2. The quantitative estimate of drug-likeness (QED) is 0.415. The van der Waals surface area contributed by atoms with Gasteiger partial charge < -0.3 is 21.3 Å². The SMILES string of the molecule is C=C(CCC1=NCCCNCCCN1)C(=O)c1nc(Cl)c(NC)nc1NC. The highest BCUT2D eigenvalue weighted by Gasteiger charge is 2.20. The van der Waals surface area contributed by atoms with E-state index < -0.39 is 0 Å². The number of carbonyl (C=O) groups is 1. The van der Waals surface area contributed by atoms with Crippen LogP contribution in [-0.2, 0) is 0 Å². The Hall–Kier alpha value is -2.19. The minimum atomic E-state index is -0.263. The fourth-order valence-electron chi connectivity index (χ4n) is 2.67. The molecule has 0 fully saturated rings. The summed E-state index contributed by atoms with van der Waals surface area (Å²) in [6, 6.07) is 0. The number of amidine groups is 1.